The second-order valence-corrected chi connectivity index (χ2v) is 5.86. The summed E-state index contributed by atoms with van der Waals surface area (Å²) in [5.41, 5.74) is 6.68. The number of piperidine rings is 1. The molecule has 2 aliphatic carbocycles. The highest BCUT2D eigenvalue weighted by molar-refractivity contribution is 14.0. The van der Waals surface area contributed by atoms with Crippen LogP contribution in [0.5, 0.6) is 0 Å². The Bertz CT molecular complexity index is 289. The molecule has 0 aromatic carbocycles. The van der Waals surface area contributed by atoms with Crippen LogP contribution >= 0.6 is 24.0 Å². The van der Waals surface area contributed by atoms with Gasteiger partial charge in [0.15, 0.2) is 5.96 Å². The maximum Gasteiger partial charge on any atom is 0.191 e. The number of nitrogens with two attached hydrogens (primary N) is 1. The summed E-state index contributed by atoms with van der Waals surface area (Å²) in [6.07, 6.45) is 9.60. The molecule has 1 aliphatic heterocycles. The molecule has 17 heavy (non-hydrogen) atoms. The first kappa shape index (κ1) is 13.4. The highest BCUT2D eigenvalue weighted by Crippen LogP contribution is 2.61. The van der Waals surface area contributed by atoms with Crippen molar-refractivity contribution >= 4 is 29.9 Å². The van der Waals surface area contributed by atoms with Gasteiger partial charge in [0.05, 0.1) is 0 Å². The van der Waals surface area contributed by atoms with Crippen LogP contribution in [0.3, 0.4) is 0 Å². The lowest BCUT2D eigenvalue weighted by atomic mass is 10.0. The molecular formula is C13H24IN3. The fourth-order valence-corrected chi connectivity index (χ4v) is 3.01. The van der Waals surface area contributed by atoms with Crippen molar-refractivity contribution in [3.63, 3.8) is 0 Å². The summed E-state index contributed by atoms with van der Waals surface area (Å²) in [7, 11) is 0. The minimum absolute atomic E-state index is 0. The highest BCUT2D eigenvalue weighted by atomic mass is 127. The fraction of sp³-hybridized carbons (Fsp3) is 0.923. The topological polar surface area (TPSA) is 41.6 Å². The molecule has 0 atom stereocenters. The third-order valence-electron chi connectivity index (χ3n) is 4.57. The molecule has 2 saturated carbocycles. The van der Waals surface area contributed by atoms with Crippen LogP contribution in [0.2, 0.25) is 0 Å². The first-order chi connectivity index (χ1) is 7.80. The predicted molar refractivity (Wildman–Crippen MR) is 81.7 cm³/mol. The smallest absolute Gasteiger partial charge is 0.191 e. The summed E-state index contributed by atoms with van der Waals surface area (Å²) in [4.78, 5) is 6.93. The fourth-order valence-electron chi connectivity index (χ4n) is 3.01. The van der Waals surface area contributed by atoms with Crippen LogP contribution in [-0.2, 0) is 0 Å². The molecule has 3 rings (SSSR count). The van der Waals surface area contributed by atoms with Crippen molar-refractivity contribution < 1.29 is 0 Å². The zero-order chi connectivity index (χ0) is 11.0. The molecule has 98 valence electrons. The van der Waals surface area contributed by atoms with Crippen LogP contribution in [0.4, 0.5) is 0 Å². The molecule has 4 heteroatoms. The second kappa shape index (κ2) is 5.33. The Morgan fingerprint density at radius 1 is 1.18 bits per heavy atom. The number of aliphatic imine (C=N–C) groups is 1. The molecule has 0 aromatic rings. The van der Waals surface area contributed by atoms with Crippen molar-refractivity contribution in [1.29, 1.82) is 0 Å². The van der Waals surface area contributed by atoms with Crippen LogP contribution in [0.15, 0.2) is 4.99 Å². The molecule has 1 saturated heterocycles. The van der Waals surface area contributed by atoms with Gasteiger partial charge in [-0.05, 0) is 56.3 Å². The minimum atomic E-state index is 0. The quantitative estimate of drug-likeness (QED) is 0.483. The van der Waals surface area contributed by atoms with Crippen molar-refractivity contribution in [2.24, 2.45) is 22.1 Å². The molecule has 0 radical (unpaired) electrons. The molecule has 0 unspecified atom stereocenters. The first-order valence-corrected chi connectivity index (χ1v) is 6.85. The van der Waals surface area contributed by atoms with E-state index in [1.165, 1.54) is 44.9 Å². The van der Waals surface area contributed by atoms with Crippen molar-refractivity contribution in [3.05, 3.63) is 0 Å². The van der Waals surface area contributed by atoms with Gasteiger partial charge < -0.3 is 10.6 Å². The van der Waals surface area contributed by atoms with E-state index in [2.05, 4.69) is 9.89 Å². The molecule has 3 nitrogen and oxygen atoms in total. The van der Waals surface area contributed by atoms with Gasteiger partial charge >= 0.3 is 0 Å². The lowest BCUT2D eigenvalue weighted by molar-refractivity contribution is 0.336. The van der Waals surface area contributed by atoms with Gasteiger partial charge in [0, 0.05) is 19.6 Å². The van der Waals surface area contributed by atoms with Gasteiger partial charge in [-0.2, -0.15) is 0 Å². The predicted octanol–water partition coefficient (Wildman–Crippen LogP) is 2.60. The Labute approximate surface area is 121 Å². The summed E-state index contributed by atoms with van der Waals surface area (Å²) in [6, 6.07) is 0. The van der Waals surface area contributed by atoms with Crippen LogP contribution in [0.1, 0.15) is 44.9 Å². The van der Waals surface area contributed by atoms with Gasteiger partial charge in [-0.1, -0.05) is 0 Å². The Morgan fingerprint density at radius 2 is 1.82 bits per heavy atom. The van der Waals surface area contributed by atoms with Crippen molar-refractivity contribution in [1.82, 2.24) is 4.90 Å². The highest BCUT2D eigenvalue weighted by Gasteiger charge is 2.53. The van der Waals surface area contributed by atoms with Crippen molar-refractivity contribution in [2.75, 3.05) is 19.6 Å². The number of likely N-dealkylation sites (tertiary alicyclic amines) is 1. The lowest BCUT2D eigenvalue weighted by Gasteiger charge is -2.27. The van der Waals surface area contributed by atoms with Gasteiger partial charge in [0.2, 0.25) is 0 Å². The van der Waals surface area contributed by atoms with Gasteiger partial charge in [-0.15, -0.1) is 24.0 Å². The molecule has 1 heterocycles. The van der Waals surface area contributed by atoms with E-state index in [1.54, 1.807) is 0 Å². The molecule has 0 aromatic heterocycles. The van der Waals surface area contributed by atoms with Gasteiger partial charge in [0.1, 0.15) is 0 Å². The van der Waals surface area contributed by atoms with E-state index in [4.69, 9.17) is 5.73 Å². The van der Waals surface area contributed by atoms with E-state index in [9.17, 15) is 0 Å². The van der Waals surface area contributed by atoms with Gasteiger partial charge in [0.25, 0.3) is 0 Å². The summed E-state index contributed by atoms with van der Waals surface area (Å²) < 4.78 is 0. The summed E-state index contributed by atoms with van der Waals surface area (Å²) in [5, 5.41) is 0. The average molecular weight is 349 g/mol. The van der Waals surface area contributed by atoms with E-state index in [0.717, 1.165) is 31.5 Å². The number of halogens is 1. The Kier molecular flexibility index (Phi) is 4.21. The van der Waals surface area contributed by atoms with Crippen LogP contribution in [-0.4, -0.2) is 30.5 Å². The third kappa shape index (κ3) is 3.06. The van der Waals surface area contributed by atoms with Gasteiger partial charge in [-0.3, -0.25) is 4.99 Å². The largest absolute Gasteiger partial charge is 0.370 e. The maximum atomic E-state index is 6.08. The van der Waals surface area contributed by atoms with E-state index < -0.39 is 0 Å². The van der Waals surface area contributed by atoms with Crippen LogP contribution in [0.25, 0.3) is 0 Å². The molecule has 0 bridgehead atoms. The third-order valence-corrected chi connectivity index (χ3v) is 4.57. The standard InChI is InChI=1S/C13H23N3.HI/c14-12(16-8-2-1-3-9-16)15-10-13(6-7-13)11-4-5-11;/h11H,1-10H2,(H2,14,15);1H. The molecule has 0 amide bonds. The second-order valence-electron chi connectivity index (χ2n) is 5.86. The normalized spacial score (nSPS) is 27.5. The van der Waals surface area contributed by atoms with Crippen LogP contribution < -0.4 is 5.73 Å². The van der Waals surface area contributed by atoms with Crippen molar-refractivity contribution in [2.45, 2.75) is 44.9 Å². The minimum Gasteiger partial charge on any atom is -0.370 e. The molecule has 0 spiro atoms. The number of guanidine groups is 1. The maximum absolute atomic E-state index is 6.08. The van der Waals surface area contributed by atoms with E-state index >= 15 is 0 Å². The van der Waals surface area contributed by atoms with Crippen molar-refractivity contribution in [3.8, 4) is 0 Å². The number of nitrogens with zero attached hydrogens (tertiary/aromatic N) is 2. The number of hydrogen-bond donors (Lipinski definition) is 1. The van der Waals surface area contributed by atoms with Crippen LogP contribution in [0, 0.1) is 11.3 Å². The summed E-state index contributed by atoms with van der Waals surface area (Å²) >= 11 is 0. The Hall–Kier alpha value is 0. The van der Waals surface area contributed by atoms with E-state index in [0.29, 0.717) is 5.41 Å². The Morgan fingerprint density at radius 3 is 2.35 bits per heavy atom. The summed E-state index contributed by atoms with van der Waals surface area (Å²) in [5.74, 6) is 1.80. The number of hydrogen-bond acceptors (Lipinski definition) is 1. The van der Waals surface area contributed by atoms with E-state index in [1.807, 2.05) is 0 Å². The lowest BCUT2D eigenvalue weighted by Crippen LogP contribution is -2.41. The zero-order valence-corrected chi connectivity index (χ0v) is 12.9. The van der Waals surface area contributed by atoms with E-state index in [-0.39, 0.29) is 24.0 Å². The first-order valence-electron chi connectivity index (χ1n) is 6.85. The Balaban J connectivity index is 0.00000108. The summed E-state index contributed by atoms with van der Waals surface area (Å²) in [6.45, 7) is 3.23. The monoisotopic (exact) mass is 349 g/mol. The molecule has 3 aliphatic rings. The average Bonchev–Trinajstić information content (AvgIpc) is 3.17. The number of rotatable bonds is 3. The molecule has 2 N–H and O–H groups in total. The molecular weight excluding hydrogens is 325 g/mol. The SMILES string of the molecule is I.NC(=NCC1(C2CC2)CC1)N1CCCCC1. The van der Waals surface area contributed by atoms with Gasteiger partial charge in [-0.25, -0.2) is 0 Å². The zero-order valence-electron chi connectivity index (χ0n) is 10.5. The molecule has 3 fully saturated rings.